The molecule has 1 aromatic carbocycles. The molecule has 1 aromatic rings. The van der Waals surface area contributed by atoms with Crippen molar-refractivity contribution in [1.29, 1.82) is 0 Å². The zero-order chi connectivity index (χ0) is 17.8. The number of ether oxygens (including phenoxy) is 3. The molecule has 0 saturated heterocycles. The zero-order valence-corrected chi connectivity index (χ0v) is 14.5. The maximum absolute atomic E-state index is 12.3. The molecule has 0 heterocycles. The Labute approximate surface area is 142 Å². The number of nitrogens with zero attached hydrogens (tertiary/aromatic N) is 1. The molecule has 1 rings (SSSR count). The standard InChI is InChI=1S/C17H26N2O5/c1-4-24-15-8-6-5-7-14(15)18-16(20)13-19(11-12-22-2)10-9-17(21)23-3/h5-8H,4,9-13H2,1-3H3,(H,18,20). The molecular formula is C17H26N2O5. The summed E-state index contributed by atoms with van der Waals surface area (Å²) in [4.78, 5) is 25.4. The molecule has 0 aliphatic heterocycles. The highest BCUT2D eigenvalue weighted by Gasteiger charge is 2.14. The Morgan fingerprint density at radius 3 is 2.58 bits per heavy atom. The van der Waals surface area contributed by atoms with E-state index in [0.29, 0.717) is 37.7 Å². The van der Waals surface area contributed by atoms with Crippen LogP contribution in [0.5, 0.6) is 5.75 Å². The second kappa shape index (κ2) is 11.4. The van der Waals surface area contributed by atoms with Crippen LogP contribution in [0.4, 0.5) is 5.69 Å². The lowest BCUT2D eigenvalue weighted by molar-refractivity contribution is -0.141. The van der Waals surface area contributed by atoms with E-state index < -0.39 is 0 Å². The smallest absolute Gasteiger partial charge is 0.306 e. The first-order valence-corrected chi connectivity index (χ1v) is 7.90. The summed E-state index contributed by atoms with van der Waals surface area (Å²) in [5.41, 5.74) is 0.629. The third kappa shape index (κ3) is 7.43. The number of rotatable bonds is 11. The summed E-state index contributed by atoms with van der Waals surface area (Å²) in [5, 5.41) is 2.84. The van der Waals surface area contributed by atoms with Gasteiger partial charge in [0.05, 0.1) is 39.0 Å². The van der Waals surface area contributed by atoms with Crippen LogP contribution in [0.15, 0.2) is 24.3 Å². The first kappa shape index (κ1) is 19.9. The van der Waals surface area contributed by atoms with Crippen molar-refractivity contribution in [3.05, 3.63) is 24.3 Å². The van der Waals surface area contributed by atoms with E-state index >= 15 is 0 Å². The van der Waals surface area contributed by atoms with Crippen molar-refractivity contribution in [3.8, 4) is 5.75 Å². The van der Waals surface area contributed by atoms with Gasteiger partial charge in [-0.15, -0.1) is 0 Å². The Kier molecular flexibility index (Phi) is 9.48. The maximum Gasteiger partial charge on any atom is 0.306 e. The fourth-order valence-electron chi connectivity index (χ4n) is 2.09. The molecular weight excluding hydrogens is 312 g/mol. The highest BCUT2D eigenvalue weighted by atomic mass is 16.5. The van der Waals surface area contributed by atoms with Gasteiger partial charge in [-0.1, -0.05) is 12.1 Å². The molecule has 0 aliphatic carbocycles. The number of amides is 1. The summed E-state index contributed by atoms with van der Waals surface area (Å²) in [6, 6.07) is 7.27. The fraction of sp³-hybridized carbons (Fsp3) is 0.529. The van der Waals surface area contributed by atoms with Crippen LogP contribution < -0.4 is 10.1 Å². The number of hydrogen-bond donors (Lipinski definition) is 1. The van der Waals surface area contributed by atoms with Crippen LogP contribution in [0, 0.1) is 0 Å². The van der Waals surface area contributed by atoms with E-state index in [1.54, 1.807) is 19.2 Å². The second-order valence-electron chi connectivity index (χ2n) is 5.07. The number of nitrogens with one attached hydrogen (secondary N) is 1. The van der Waals surface area contributed by atoms with E-state index in [4.69, 9.17) is 9.47 Å². The zero-order valence-electron chi connectivity index (χ0n) is 14.5. The van der Waals surface area contributed by atoms with Crippen LogP contribution in [-0.2, 0) is 19.1 Å². The molecule has 0 fully saturated rings. The first-order valence-electron chi connectivity index (χ1n) is 7.90. The summed E-state index contributed by atoms with van der Waals surface area (Å²) < 4.78 is 15.2. The molecule has 0 spiro atoms. The van der Waals surface area contributed by atoms with E-state index in [1.165, 1.54) is 7.11 Å². The molecule has 24 heavy (non-hydrogen) atoms. The van der Waals surface area contributed by atoms with Gasteiger partial charge in [-0.3, -0.25) is 14.5 Å². The fourth-order valence-corrected chi connectivity index (χ4v) is 2.09. The Morgan fingerprint density at radius 1 is 1.17 bits per heavy atom. The predicted octanol–water partition coefficient (Wildman–Crippen LogP) is 1.54. The Hall–Kier alpha value is -2.12. The number of anilines is 1. The third-order valence-corrected chi connectivity index (χ3v) is 3.30. The number of carbonyl (C=O) groups is 2. The van der Waals surface area contributed by atoms with Gasteiger partial charge in [-0.25, -0.2) is 0 Å². The Balaban J connectivity index is 2.61. The summed E-state index contributed by atoms with van der Waals surface area (Å²) in [7, 11) is 2.94. The van der Waals surface area contributed by atoms with Gasteiger partial charge in [0, 0.05) is 20.2 Å². The molecule has 0 radical (unpaired) electrons. The lowest BCUT2D eigenvalue weighted by Gasteiger charge is -2.21. The van der Waals surface area contributed by atoms with Crippen molar-refractivity contribution in [2.45, 2.75) is 13.3 Å². The Bertz CT molecular complexity index is 521. The van der Waals surface area contributed by atoms with Gasteiger partial charge in [0.25, 0.3) is 0 Å². The monoisotopic (exact) mass is 338 g/mol. The topological polar surface area (TPSA) is 77.1 Å². The van der Waals surface area contributed by atoms with Gasteiger partial charge >= 0.3 is 5.97 Å². The summed E-state index contributed by atoms with van der Waals surface area (Å²) in [6.07, 6.45) is 0.225. The molecule has 0 aromatic heterocycles. The molecule has 0 saturated carbocycles. The van der Waals surface area contributed by atoms with Crippen LogP contribution >= 0.6 is 0 Å². The number of methoxy groups -OCH3 is 2. The molecule has 0 bridgehead atoms. The van der Waals surface area contributed by atoms with E-state index in [0.717, 1.165) is 0 Å². The van der Waals surface area contributed by atoms with Crippen molar-refractivity contribution in [2.75, 3.05) is 52.4 Å². The van der Waals surface area contributed by atoms with Gasteiger partial charge in [-0.05, 0) is 19.1 Å². The second-order valence-corrected chi connectivity index (χ2v) is 5.07. The van der Waals surface area contributed by atoms with Crippen LogP contribution in [0.2, 0.25) is 0 Å². The minimum Gasteiger partial charge on any atom is -0.492 e. The Morgan fingerprint density at radius 2 is 1.92 bits per heavy atom. The largest absolute Gasteiger partial charge is 0.492 e. The van der Waals surface area contributed by atoms with E-state index in [1.807, 2.05) is 24.0 Å². The minimum absolute atomic E-state index is 0.154. The molecule has 7 nitrogen and oxygen atoms in total. The highest BCUT2D eigenvalue weighted by Crippen LogP contribution is 2.23. The molecule has 0 unspecified atom stereocenters. The average molecular weight is 338 g/mol. The third-order valence-electron chi connectivity index (χ3n) is 3.30. The lowest BCUT2D eigenvalue weighted by Crippen LogP contribution is -2.37. The quantitative estimate of drug-likeness (QED) is 0.617. The van der Waals surface area contributed by atoms with Gasteiger partial charge in [0.2, 0.25) is 5.91 Å². The number of hydrogen-bond acceptors (Lipinski definition) is 6. The summed E-state index contributed by atoms with van der Waals surface area (Å²) >= 11 is 0. The maximum atomic E-state index is 12.3. The van der Waals surface area contributed by atoms with Crippen LogP contribution in [0.3, 0.4) is 0 Å². The number of esters is 1. The van der Waals surface area contributed by atoms with Crippen molar-refractivity contribution < 1.29 is 23.8 Å². The van der Waals surface area contributed by atoms with Gasteiger partial charge in [0.15, 0.2) is 0 Å². The molecule has 0 aliphatic rings. The molecule has 7 heteroatoms. The summed E-state index contributed by atoms with van der Waals surface area (Å²) in [5.74, 6) is 0.147. The molecule has 1 N–H and O–H groups in total. The van der Waals surface area contributed by atoms with Gasteiger partial charge in [0.1, 0.15) is 5.75 Å². The minimum atomic E-state index is -0.306. The number of para-hydroxylation sites is 2. The van der Waals surface area contributed by atoms with E-state index in [-0.39, 0.29) is 24.8 Å². The van der Waals surface area contributed by atoms with Crippen molar-refractivity contribution >= 4 is 17.6 Å². The van der Waals surface area contributed by atoms with Crippen LogP contribution in [-0.4, -0.2) is 63.8 Å². The van der Waals surface area contributed by atoms with E-state index in [2.05, 4.69) is 10.1 Å². The SMILES string of the molecule is CCOc1ccccc1NC(=O)CN(CCOC)CCC(=O)OC. The number of carbonyl (C=O) groups excluding carboxylic acids is 2. The van der Waals surface area contributed by atoms with Crippen molar-refractivity contribution in [2.24, 2.45) is 0 Å². The first-order chi connectivity index (χ1) is 11.6. The lowest BCUT2D eigenvalue weighted by atomic mass is 10.3. The normalized spacial score (nSPS) is 10.5. The van der Waals surface area contributed by atoms with Crippen LogP contribution in [0.25, 0.3) is 0 Å². The summed E-state index contributed by atoms with van der Waals surface area (Å²) in [6.45, 7) is 4.01. The molecule has 134 valence electrons. The molecule has 0 atom stereocenters. The molecule has 1 amide bonds. The number of benzene rings is 1. The average Bonchev–Trinajstić information content (AvgIpc) is 2.58. The predicted molar refractivity (Wildman–Crippen MR) is 91.2 cm³/mol. The van der Waals surface area contributed by atoms with Crippen molar-refractivity contribution in [3.63, 3.8) is 0 Å². The van der Waals surface area contributed by atoms with Gasteiger partial charge in [-0.2, -0.15) is 0 Å². The van der Waals surface area contributed by atoms with Gasteiger partial charge < -0.3 is 19.5 Å². The van der Waals surface area contributed by atoms with E-state index in [9.17, 15) is 9.59 Å². The highest BCUT2D eigenvalue weighted by molar-refractivity contribution is 5.93. The van der Waals surface area contributed by atoms with Crippen LogP contribution in [0.1, 0.15) is 13.3 Å². The van der Waals surface area contributed by atoms with Crippen molar-refractivity contribution in [1.82, 2.24) is 4.90 Å².